The van der Waals surface area contributed by atoms with Crippen molar-refractivity contribution in [2.45, 2.75) is 10.9 Å². The second-order valence-corrected chi connectivity index (χ2v) is 5.43. The molecule has 0 fully saturated rings. The van der Waals surface area contributed by atoms with Crippen LogP contribution in [-0.4, -0.2) is 5.75 Å². The van der Waals surface area contributed by atoms with E-state index in [0.29, 0.717) is 0 Å². The molecule has 0 bridgehead atoms. The lowest BCUT2D eigenvalue weighted by molar-refractivity contribution is 0.620. The zero-order valence-corrected chi connectivity index (χ0v) is 10.4. The number of nitrogens with one attached hydrogen (secondary N) is 1. The fraction of sp³-hybridized carbons (Fsp3) is 0.167. The number of thioether (sulfide) groups is 1. The highest BCUT2D eigenvalue weighted by atomic mass is 32.2. The van der Waals surface area contributed by atoms with Crippen LogP contribution in [0.3, 0.4) is 0 Å². The Bertz CT molecular complexity index is 400. The van der Waals surface area contributed by atoms with E-state index in [-0.39, 0.29) is 6.04 Å². The third-order valence-corrected chi connectivity index (χ3v) is 4.34. The Morgan fingerprint density at radius 1 is 1.19 bits per heavy atom. The number of benzene rings is 1. The van der Waals surface area contributed by atoms with Gasteiger partial charge in [-0.2, -0.15) is 0 Å². The van der Waals surface area contributed by atoms with Crippen molar-refractivity contribution in [3.8, 4) is 0 Å². The maximum Gasteiger partial charge on any atom is 0.0647 e. The predicted molar refractivity (Wildman–Crippen MR) is 71.5 cm³/mol. The van der Waals surface area contributed by atoms with Gasteiger partial charge in [-0.25, -0.2) is 0 Å². The van der Waals surface area contributed by atoms with Crippen molar-refractivity contribution in [3.05, 3.63) is 52.7 Å². The first kappa shape index (κ1) is 11.7. The van der Waals surface area contributed by atoms with Gasteiger partial charge in [-0.05, 0) is 23.6 Å². The summed E-state index contributed by atoms with van der Waals surface area (Å²) in [6, 6.07) is 14.8. The first-order valence-corrected chi connectivity index (χ1v) is 6.94. The van der Waals surface area contributed by atoms with Gasteiger partial charge in [0.1, 0.15) is 0 Å². The van der Waals surface area contributed by atoms with Gasteiger partial charge in [0.2, 0.25) is 0 Å². The Morgan fingerprint density at radius 2 is 2.00 bits per heavy atom. The number of hydrazine groups is 1. The van der Waals surface area contributed by atoms with E-state index >= 15 is 0 Å². The zero-order valence-electron chi connectivity index (χ0n) is 8.80. The second-order valence-electron chi connectivity index (χ2n) is 3.36. The summed E-state index contributed by atoms with van der Waals surface area (Å²) in [7, 11) is 0. The van der Waals surface area contributed by atoms with Crippen molar-refractivity contribution in [3.63, 3.8) is 0 Å². The lowest BCUT2D eigenvalue weighted by Gasteiger charge is -2.13. The molecule has 2 aromatic rings. The largest absolute Gasteiger partial charge is 0.271 e. The number of hydrogen-bond acceptors (Lipinski definition) is 4. The van der Waals surface area contributed by atoms with Gasteiger partial charge < -0.3 is 0 Å². The molecule has 0 amide bonds. The van der Waals surface area contributed by atoms with Crippen molar-refractivity contribution in [2.24, 2.45) is 5.84 Å². The molecule has 84 valence electrons. The highest BCUT2D eigenvalue weighted by Crippen LogP contribution is 2.26. The molecule has 1 aromatic heterocycles. The van der Waals surface area contributed by atoms with Crippen LogP contribution < -0.4 is 11.3 Å². The Morgan fingerprint density at radius 3 is 2.62 bits per heavy atom. The molecule has 0 spiro atoms. The third-order valence-electron chi connectivity index (χ3n) is 2.25. The fourth-order valence-electron chi connectivity index (χ4n) is 1.40. The molecule has 0 saturated carbocycles. The van der Waals surface area contributed by atoms with Crippen LogP contribution in [0.15, 0.2) is 52.7 Å². The smallest absolute Gasteiger partial charge is 0.0647 e. The van der Waals surface area contributed by atoms with Gasteiger partial charge >= 0.3 is 0 Å². The molecule has 3 N–H and O–H groups in total. The van der Waals surface area contributed by atoms with Gasteiger partial charge in [0, 0.05) is 15.5 Å². The van der Waals surface area contributed by atoms with Crippen molar-refractivity contribution in [1.29, 1.82) is 0 Å². The molecule has 1 unspecified atom stereocenters. The van der Waals surface area contributed by atoms with Crippen LogP contribution in [0.25, 0.3) is 0 Å². The highest BCUT2D eigenvalue weighted by Gasteiger charge is 2.10. The lowest BCUT2D eigenvalue weighted by Crippen LogP contribution is -2.28. The van der Waals surface area contributed by atoms with Crippen LogP contribution in [0, 0.1) is 0 Å². The molecule has 2 nitrogen and oxygen atoms in total. The summed E-state index contributed by atoms with van der Waals surface area (Å²) in [4.78, 5) is 2.56. The SMILES string of the molecule is NNC(CSc1ccccc1)c1cccs1. The topological polar surface area (TPSA) is 38.0 Å². The molecule has 4 heteroatoms. The molecule has 16 heavy (non-hydrogen) atoms. The van der Waals surface area contributed by atoms with Crippen LogP contribution in [0.1, 0.15) is 10.9 Å². The number of nitrogens with two attached hydrogens (primary N) is 1. The van der Waals surface area contributed by atoms with Gasteiger partial charge in [-0.1, -0.05) is 24.3 Å². The summed E-state index contributed by atoms with van der Waals surface area (Å²) in [6.07, 6.45) is 0. The molecule has 1 atom stereocenters. The van der Waals surface area contributed by atoms with E-state index in [1.54, 1.807) is 11.3 Å². The van der Waals surface area contributed by atoms with Crippen molar-refractivity contribution >= 4 is 23.1 Å². The maximum atomic E-state index is 5.57. The third kappa shape index (κ3) is 3.09. The lowest BCUT2D eigenvalue weighted by atomic mass is 10.3. The molecular formula is C12H14N2S2. The van der Waals surface area contributed by atoms with Gasteiger partial charge in [0.05, 0.1) is 6.04 Å². The van der Waals surface area contributed by atoms with Crippen LogP contribution >= 0.6 is 23.1 Å². The quantitative estimate of drug-likeness (QED) is 0.486. The van der Waals surface area contributed by atoms with Gasteiger partial charge in [-0.3, -0.25) is 11.3 Å². The minimum Gasteiger partial charge on any atom is -0.271 e. The van der Waals surface area contributed by atoms with E-state index in [1.165, 1.54) is 9.77 Å². The molecule has 0 aliphatic rings. The molecule has 0 aliphatic heterocycles. The van der Waals surface area contributed by atoms with E-state index in [9.17, 15) is 0 Å². The summed E-state index contributed by atoms with van der Waals surface area (Å²) in [5.74, 6) is 6.52. The molecule has 0 aliphatic carbocycles. The van der Waals surface area contributed by atoms with Crippen LogP contribution in [0.5, 0.6) is 0 Å². The summed E-state index contributed by atoms with van der Waals surface area (Å²) in [5.41, 5.74) is 2.86. The summed E-state index contributed by atoms with van der Waals surface area (Å²) in [5, 5.41) is 2.08. The second kappa shape index (κ2) is 6.06. The van der Waals surface area contributed by atoms with Crippen molar-refractivity contribution in [1.82, 2.24) is 5.43 Å². The first-order chi connectivity index (χ1) is 7.90. The zero-order chi connectivity index (χ0) is 11.2. The van der Waals surface area contributed by atoms with Crippen LogP contribution in [0.2, 0.25) is 0 Å². The van der Waals surface area contributed by atoms with E-state index < -0.39 is 0 Å². The van der Waals surface area contributed by atoms with E-state index in [1.807, 2.05) is 17.8 Å². The average Bonchev–Trinajstić information content (AvgIpc) is 2.85. The van der Waals surface area contributed by atoms with Gasteiger partial charge in [-0.15, -0.1) is 23.1 Å². The van der Waals surface area contributed by atoms with Crippen LogP contribution in [-0.2, 0) is 0 Å². The molecule has 2 rings (SSSR count). The normalized spacial score (nSPS) is 12.6. The number of hydrogen-bond donors (Lipinski definition) is 2. The van der Waals surface area contributed by atoms with E-state index in [4.69, 9.17) is 5.84 Å². The van der Waals surface area contributed by atoms with Crippen LogP contribution in [0.4, 0.5) is 0 Å². The van der Waals surface area contributed by atoms with Crippen molar-refractivity contribution < 1.29 is 0 Å². The standard InChI is InChI=1S/C12H14N2S2/c13-14-11(12-7-4-8-15-12)9-16-10-5-2-1-3-6-10/h1-8,11,14H,9,13H2. The molecular weight excluding hydrogens is 236 g/mol. The summed E-state index contributed by atoms with van der Waals surface area (Å²) < 4.78 is 0. The monoisotopic (exact) mass is 250 g/mol. The van der Waals surface area contributed by atoms with Crippen molar-refractivity contribution in [2.75, 3.05) is 5.75 Å². The first-order valence-electron chi connectivity index (χ1n) is 5.07. The molecule has 0 radical (unpaired) electrons. The predicted octanol–water partition coefficient (Wildman–Crippen LogP) is 3.04. The highest BCUT2D eigenvalue weighted by molar-refractivity contribution is 7.99. The number of rotatable bonds is 5. The minimum absolute atomic E-state index is 0.227. The summed E-state index contributed by atoms with van der Waals surface area (Å²) in [6.45, 7) is 0. The molecule has 1 heterocycles. The molecule has 1 aromatic carbocycles. The number of thiophene rings is 1. The fourth-order valence-corrected chi connectivity index (χ4v) is 3.28. The van der Waals surface area contributed by atoms with E-state index in [0.717, 1.165) is 5.75 Å². The Labute approximate surface area is 104 Å². The Kier molecular flexibility index (Phi) is 4.42. The summed E-state index contributed by atoms with van der Waals surface area (Å²) >= 11 is 3.55. The average molecular weight is 250 g/mol. The van der Waals surface area contributed by atoms with Gasteiger partial charge in [0.25, 0.3) is 0 Å². The van der Waals surface area contributed by atoms with Gasteiger partial charge in [0.15, 0.2) is 0 Å². The Balaban J connectivity index is 1.94. The maximum absolute atomic E-state index is 5.57. The minimum atomic E-state index is 0.227. The molecule has 0 saturated heterocycles. The Hall–Kier alpha value is -0.810. The van der Waals surface area contributed by atoms with E-state index in [2.05, 4.69) is 47.2 Å².